The first-order valence-electron chi connectivity index (χ1n) is 8.41. The summed E-state index contributed by atoms with van der Waals surface area (Å²) in [5.74, 6) is -1.80. The zero-order valence-corrected chi connectivity index (χ0v) is 15.5. The Morgan fingerprint density at radius 1 is 1.25 bits per heavy atom. The number of para-hydroxylation sites is 1. The molecule has 0 aliphatic carbocycles. The Bertz CT molecular complexity index is 1050. The summed E-state index contributed by atoms with van der Waals surface area (Å²) in [5.41, 5.74) is 1.16. The fourth-order valence-corrected chi connectivity index (χ4v) is 3.68. The van der Waals surface area contributed by atoms with E-state index in [0.29, 0.717) is 16.7 Å². The van der Waals surface area contributed by atoms with Gasteiger partial charge in [0.05, 0.1) is 17.1 Å². The fourth-order valence-electron chi connectivity index (χ4n) is 2.88. The summed E-state index contributed by atoms with van der Waals surface area (Å²) < 4.78 is 26.9. The standard InChI is InChI=1S/C19H14F2N4O2S/c1-10-18(27)25-17(22-10)12-4-2-3-5-14(12)24-19(25)28-9-16(26)23-15-8-11(20)6-7-13(15)21/h2-8,10H,9H2,1H3,(H,23,26). The number of benzene rings is 2. The van der Waals surface area contributed by atoms with E-state index in [2.05, 4.69) is 15.3 Å². The van der Waals surface area contributed by atoms with Crippen LogP contribution in [0.1, 0.15) is 12.5 Å². The molecule has 1 N–H and O–H groups in total. The molecule has 2 aliphatic rings. The van der Waals surface area contributed by atoms with Crippen molar-refractivity contribution in [3.05, 3.63) is 59.7 Å². The molecule has 9 heteroatoms. The van der Waals surface area contributed by atoms with Gasteiger partial charge in [0.25, 0.3) is 5.91 Å². The van der Waals surface area contributed by atoms with Crippen molar-refractivity contribution in [1.82, 2.24) is 4.90 Å². The van der Waals surface area contributed by atoms with Gasteiger partial charge in [-0.1, -0.05) is 23.9 Å². The predicted molar refractivity (Wildman–Crippen MR) is 104 cm³/mol. The largest absolute Gasteiger partial charge is 0.323 e. The average molecular weight is 400 g/mol. The first-order chi connectivity index (χ1) is 13.4. The smallest absolute Gasteiger partial charge is 0.258 e. The Balaban J connectivity index is 1.53. The number of hydrogen-bond donors (Lipinski definition) is 1. The summed E-state index contributed by atoms with van der Waals surface area (Å²) in [6.45, 7) is 1.69. The summed E-state index contributed by atoms with van der Waals surface area (Å²) in [4.78, 5) is 35.0. The Morgan fingerprint density at radius 2 is 2.04 bits per heavy atom. The number of nitrogens with one attached hydrogen (secondary N) is 1. The molecule has 0 saturated heterocycles. The number of carbonyl (C=O) groups excluding carboxylic acids is 2. The molecule has 2 heterocycles. The summed E-state index contributed by atoms with van der Waals surface area (Å²) in [6.07, 6.45) is 0. The third-order valence-corrected chi connectivity index (χ3v) is 5.13. The molecule has 0 radical (unpaired) electrons. The van der Waals surface area contributed by atoms with Gasteiger partial charge in [-0.25, -0.2) is 18.7 Å². The maximum atomic E-state index is 13.7. The molecule has 2 aromatic carbocycles. The first-order valence-corrected chi connectivity index (χ1v) is 9.40. The summed E-state index contributed by atoms with van der Waals surface area (Å²) >= 11 is 1.03. The molecule has 1 atom stereocenters. The average Bonchev–Trinajstić information content (AvgIpc) is 2.98. The second-order valence-electron chi connectivity index (χ2n) is 6.17. The molecule has 28 heavy (non-hydrogen) atoms. The van der Waals surface area contributed by atoms with Crippen LogP contribution in [-0.4, -0.2) is 39.5 Å². The van der Waals surface area contributed by atoms with E-state index in [0.717, 1.165) is 35.5 Å². The fraction of sp³-hybridized carbons (Fsp3) is 0.158. The number of thioether (sulfide) groups is 1. The molecule has 1 unspecified atom stereocenters. The molecule has 2 aliphatic heterocycles. The molecule has 142 valence electrons. The van der Waals surface area contributed by atoms with Gasteiger partial charge in [0.1, 0.15) is 23.5 Å². The van der Waals surface area contributed by atoms with Crippen molar-refractivity contribution < 1.29 is 18.4 Å². The Hall–Kier alpha value is -3.07. The highest BCUT2D eigenvalue weighted by molar-refractivity contribution is 8.14. The third kappa shape index (κ3) is 3.29. The first kappa shape index (κ1) is 18.3. The van der Waals surface area contributed by atoms with Crippen molar-refractivity contribution >= 4 is 46.0 Å². The van der Waals surface area contributed by atoms with E-state index in [1.54, 1.807) is 13.0 Å². The van der Waals surface area contributed by atoms with E-state index in [-0.39, 0.29) is 17.3 Å². The van der Waals surface area contributed by atoms with Crippen LogP contribution in [0.5, 0.6) is 0 Å². The third-order valence-electron chi connectivity index (χ3n) is 4.19. The lowest BCUT2D eigenvalue weighted by atomic mass is 10.1. The van der Waals surface area contributed by atoms with Crippen molar-refractivity contribution in [2.45, 2.75) is 13.0 Å². The van der Waals surface area contributed by atoms with Crippen molar-refractivity contribution in [1.29, 1.82) is 0 Å². The number of fused-ring (bicyclic) bond motifs is 3. The summed E-state index contributed by atoms with van der Waals surface area (Å²) in [5, 5.41) is 2.65. The van der Waals surface area contributed by atoms with Gasteiger partial charge in [-0.05, 0) is 31.2 Å². The molecule has 6 nitrogen and oxygen atoms in total. The van der Waals surface area contributed by atoms with Gasteiger partial charge in [0.15, 0.2) is 5.17 Å². The van der Waals surface area contributed by atoms with Crippen LogP contribution < -0.4 is 5.32 Å². The number of halogens is 2. The zero-order chi connectivity index (χ0) is 19.8. The highest BCUT2D eigenvalue weighted by atomic mass is 32.2. The van der Waals surface area contributed by atoms with Crippen LogP contribution in [0.3, 0.4) is 0 Å². The van der Waals surface area contributed by atoms with Crippen molar-refractivity contribution in [3.63, 3.8) is 0 Å². The molecule has 0 saturated carbocycles. The van der Waals surface area contributed by atoms with Crippen LogP contribution in [0, 0.1) is 11.6 Å². The van der Waals surface area contributed by atoms with E-state index >= 15 is 0 Å². The van der Waals surface area contributed by atoms with E-state index in [1.165, 1.54) is 4.90 Å². The topological polar surface area (TPSA) is 74.1 Å². The number of nitrogens with zero attached hydrogens (tertiary/aromatic N) is 3. The van der Waals surface area contributed by atoms with Crippen molar-refractivity contribution in [2.75, 3.05) is 11.1 Å². The lowest BCUT2D eigenvalue weighted by molar-refractivity contribution is -0.124. The van der Waals surface area contributed by atoms with Crippen molar-refractivity contribution in [3.8, 4) is 0 Å². The number of amides is 2. The number of amidine groups is 2. The minimum Gasteiger partial charge on any atom is -0.323 e. The van der Waals surface area contributed by atoms with Crippen LogP contribution in [0.2, 0.25) is 0 Å². The maximum Gasteiger partial charge on any atom is 0.258 e. The number of hydrogen-bond acceptors (Lipinski definition) is 5. The van der Waals surface area contributed by atoms with Gasteiger partial charge in [0, 0.05) is 11.6 Å². The van der Waals surface area contributed by atoms with E-state index in [1.807, 2.05) is 18.2 Å². The second kappa shape index (κ2) is 7.16. The van der Waals surface area contributed by atoms with Crippen LogP contribution in [0.15, 0.2) is 52.4 Å². The lowest BCUT2D eigenvalue weighted by Gasteiger charge is -2.25. The molecule has 4 rings (SSSR count). The second-order valence-corrected chi connectivity index (χ2v) is 7.12. The van der Waals surface area contributed by atoms with E-state index in [4.69, 9.17) is 0 Å². The molecule has 0 aromatic heterocycles. The number of carbonyl (C=O) groups is 2. The Morgan fingerprint density at radius 3 is 2.86 bits per heavy atom. The van der Waals surface area contributed by atoms with Gasteiger partial charge in [-0.2, -0.15) is 0 Å². The van der Waals surface area contributed by atoms with Gasteiger partial charge >= 0.3 is 0 Å². The molecule has 0 spiro atoms. The minimum atomic E-state index is -0.735. The molecular formula is C19H14F2N4O2S. The maximum absolute atomic E-state index is 13.7. The summed E-state index contributed by atoms with van der Waals surface area (Å²) in [6, 6.07) is 9.55. The lowest BCUT2D eigenvalue weighted by Crippen LogP contribution is -2.41. The minimum absolute atomic E-state index is 0.137. The highest BCUT2D eigenvalue weighted by Crippen LogP contribution is 2.33. The molecule has 2 aromatic rings. The van der Waals surface area contributed by atoms with Crippen LogP contribution in [0.25, 0.3) is 0 Å². The van der Waals surface area contributed by atoms with Crippen LogP contribution in [-0.2, 0) is 9.59 Å². The van der Waals surface area contributed by atoms with Crippen LogP contribution in [0.4, 0.5) is 20.2 Å². The monoisotopic (exact) mass is 400 g/mol. The highest BCUT2D eigenvalue weighted by Gasteiger charge is 2.39. The summed E-state index contributed by atoms with van der Waals surface area (Å²) in [7, 11) is 0. The molecule has 0 fully saturated rings. The van der Waals surface area contributed by atoms with Crippen molar-refractivity contribution in [2.24, 2.45) is 9.98 Å². The van der Waals surface area contributed by atoms with Gasteiger partial charge in [-0.15, -0.1) is 0 Å². The predicted octanol–water partition coefficient (Wildman–Crippen LogP) is 3.32. The van der Waals surface area contributed by atoms with E-state index < -0.39 is 23.6 Å². The van der Waals surface area contributed by atoms with Gasteiger partial charge in [-0.3, -0.25) is 14.6 Å². The number of rotatable bonds is 3. The SMILES string of the molecule is CC1N=C2c3ccccc3N=C(SCC(=O)Nc3cc(F)ccc3F)N2C1=O. The quantitative estimate of drug-likeness (QED) is 0.859. The number of aliphatic imine (C=N–C) groups is 2. The van der Waals surface area contributed by atoms with E-state index in [9.17, 15) is 18.4 Å². The molecular weight excluding hydrogens is 386 g/mol. The van der Waals surface area contributed by atoms with Gasteiger partial charge in [0.2, 0.25) is 5.91 Å². The zero-order valence-electron chi connectivity index (χ0n) is 14.6. The van der Waals surface area contributed by atoms with Crippen LogP contribution >= 0.6 is 11.8 Å². The molecule has 0 bridgehead atoms. The number of anilines is 1. The Labute approximate surface area is 163 Å². The van der Waals surface area contributed by atoms with Gasteiger partial charge < -0.3 is 5.32 Å². The molecule has 2 amide bonds. The Kier molecular flexibility index (Phi) is 4.68. The normalized spacial score (nSPS) is 17.6.